The van der Waals surface area contributed by atoms with Gasteiger partial charge in [-0.3, -0.25) is 9.55 Å². The average molecular weight is 458 g/mol. The molecule has 1 aliphatic heterocycles. The van der Waals surface area contributed by atoms with Crippen LogP contribution >= 0.6 is 27.5 Å². The van der Waals surface area contributed by atoms with E-state index in [0.29, 0.717) is 5.02 Å². The molecule has 0 radical (unpaired) electrons. The van der Waals surface area contributed by atoms with E-state index in [-0.39, 0.29) is 0 Å². The standard InChI is InChI=1S/C21H18BrClN4O/c1-13-25-21-16(22)11-14(26-7-9-28-10-8-26)12-19(21)27(13)18-5-6-24-20-15(18)3-2-4-17(20)23/h2-6,11-12H,7-10H2,1H3. The van der Waals surface area contributed by atoms with Gasteiger partial charge < -0.3 is 9.64 Å². The van der Waals surface area contributed by atoms with E-state index in [1.807, 2.05) is 25.1 Å². The highest BCUT2D eigenvalue weighted by molar-refractivity contribution is 9.10. The molecule has 1 aliphatic rings. The van der Waals surface area contributed by atoms with E-state index < -0.39 is 0 Å². The van der Waals surface area contributed by atoms with Gasteiger partial charge in [0.1, 0.15) is 11.3 Å². The van der Waals surface area contributed by atoms with Crippen LogP contribution in [0.2, 0.25) is 5.02 Å². The van der Waals surface area contributed by atoms with Gasteiger partial charge in [0.05, 0.1) is 35.0 Å². The molecular formula is C21H18BrClN4O. The first-order valence-electron chi connectivity index (χ1n) is 9.18. The summed E-state index contributed by atoms with van der Waals surface area (Å²) in [6, 6.07) is 12.2. The number of rotatable bonds is 2. The number of aromatic nitrogens is 3. The lowest BCUT2D eigenvalue weighted by Crippen LogP contribution is -2.36. The SMILES string of the molecule is Cc1nc2c(Br)cc(N3CCOCC3)cc2n1-c1ccnc2c(Cl)cccc12. The zero-order chi connectivity index (χ0) is 19.3. The molecule has 142 valence electrons. The first-order chi connectivity index (χ1) is 13.6. The number of benzene rings is 2. The van der Waals surface area contributed by atoms with Crippen molar-refractivity contribution in [1.29, 1.82) is 0 Å². The van der Waals surface area contributed by atoms with Gasteiger partial charge in [0.2, 0.25) is 0 Å². The van der Waals surface area contributed by atoms with Gasteiger partial charge in [-0.1, -0.05) is 23.7 Å². The first kappa shape index (κ1) is 17.9. The Morgan fingerprint density at radius 1 is 1.11 bits per heavy atom. The van der Waals surface area contributed by atoms with E-state index in [0.717, 1.165) is 64.2 Å². The maximum atomic E-state index is 6.39. The summed E-state index contributed by atoms with van der Waals surface area (Å²) in [5.74, 6) is 0.919. The van der Waals surface area contributed by atoms with Crippen molar-refractivity contribution in [1.82, 2.24) is 14.5 Å². The molecular weight excluding hydrogens is 440 g/mol. The van der Waals surface area contributed by atoms with Crippen molar-refractivity contribution < 1.29 is 4.74 Å². The summed E-state index contributed by atoms with van der Waals surface area (Å²) >= 11 is 10.1. The summed E-state index contributed by atoms with van der Waals surface area (Å²) in [5.41, 5.74) is 4.99. The molecule has 0 unspecified atom stereocenters. The number of morpholine rings is 1. The summed E-state index contributed by atoms with van der Waals surface area (Å²) in [5, 5.41) is 1.65. The number of ether oxygens (including phenoxy) is 1. The average Bonchev–Trinajstić information content (AvgIpc) is 3.05. The molecule has 1 saturated heterocycles. The first-order valence-corrected chi connectivity index (χ1v) is 10.4. The number of hydrogen-bond acceptors (Lipinski definition) is 4. The molecule has 2 aromatic heterocycles. The molecule has 0 atom stereocenters. The predicted molar refractivity (Wildman–Crippen MR) is 117 cm³/mol. The second kappa shape index (κ2) is 7.03. The van der Waals surface area contributed by atoms with Crippen molar-refractivity contribution in [3.8, 4) is 5.69 Å². The predicted octanol–water partition coefficient (Wildman–Crippen LogP) is 5.13. The van der Waals surface area contributed by atoms with Gasteiger partial charge in [0.25, 0.3) is 0 Å². The Hall–Kier alpha value is -2.15. The van der Waals surface area contributed by atoms with E-state index in [9.17, 15) is 0 Å². The molecule has 7 heteroatoms. The molecule has 3 heterocycles. The van der Waals surface area contributed by atoms with Gasteiger partial charge in [-0.2, -0.15) is 0 Å². The number of imidazole rings is 1. The van der Waals surface area contributed by atoms with Crippen molar-refractivity contribution >= 4 is 55.2 Å². The minimum absolute atomic E-state index is 0.650. The molecule has 4 aromatic rings. The minimum Gasteiger partial charge on any atom is -0.378 e. The number of para-hydroxylation sites is 1. The number of halogens is 2. The summed E-state index contributed by atoms with van der Waals surface area (Å²) < 4.78 is 8.68. The van der Waals surface area contributed by atoms with Gasteiger partial charge >= 0.3 is 0 Å². The molecule has 0 spiro atoms. The third-order valence-corrected chi connectivity index (χ3v) is 6.09. The highest BCUT2D eigenvalue weighted by Gasteiger charge is 2.19. The largest absolute Gasteiger partial charge is 0.378 e. The maximum absolute atomic E-state index is 6.39. The molecule has 0 saturated carbocycles. The van der Waals surface area contributed by atoms with Crippen LogP contribution in [0.25, 0.3) is 27.6 Å². The van der Waals surface area contributed by atoms with Gasteiger partial charge in [0, 0.05) is 34.8 Å². The summed E-state index contributed by atoms with van der Waals surface area (Å²) in [7, 11) is 0. The summed E-state index contributed by atoms with van der Waals surface area (Å²) in [4.78, 5) is 11.6. The fourth-order valence-electron chi connectivity index (χ4n) is 3.87. The number of hydrogen-bond donors (Lipinski definition) is 0. The molecule has 0 N–H and O–H groups in total. The van der Waals surface area contributed by atoms with Crippen LogP contribution in [-0.4, -0.2) is 40.8 Å². The van der Waals surface area contributed by atoms with Crippen LogP contribution in [-0.2, 0) is 4.74 Å². The lowest BCUT2D eigenvalue weighted by Gasteiger charge is -2.29. The Bertz CT molecular complexity index is 1200. The monoisotopic (exact) mass is 456 g/mol. The fraction of sp³-hybridized carbons (Fsp3) is 0.238. The number of nitrogens with zero attached hydrogens (tertiary/aromatic N) is 4. The van der Waals surface area contributed by atoms with Crippen LogP contribution in [0.15, 0.2) is 47.1 Å². The van der Waals surface area contributed by atoms with Crippen LogP contribution in [0.3, 0.4) is 0 Å². The third-order valence-electron chi connectivity index (χ3n) is 5.18. The molecule has 0 bridgehead atoms. The van der Waals surface area contributed by atoms with Crippen molar-refractivity contribution in [2.24, 2.45) is 0 Å². The van der Waals surface area contributed by atoms with Gasteiger partial charge in [0.15, 0.2) is 0 Å². The fourth-order valence-corrected chi connectivity index (χ4v) is 4.62. The number of fused-ring (bicyclic) bond motifs is 2. The van der Waals surface area contributed by atoms with E-state index in [1.54, 1.807) is 6.20 Å². The van der Waals surface area contributed by atoms with Crippen molar-refractivity contribution in [2.45, 2.75) is 6.92 Å². The van der Waals surface area contributed by atoms with Crippen LogP contribution in [0.1, 0.15) is 5.82 Å². The number of pyridine rings is 1. The molecule has 28 heavy (non-hydrogen) atoms. The van der Waals surface area contributed by atoms with Crippen LogP contribution in [0.4, 0.5) is 5.69 Å². The Morgan fingerprint density at radius 3 is 2.75 bits per heavy atom. The molecule has 0 aliphatic carbocycles. The van der Waals surface area contributed by atoms with Gasteiger partial charge in [-0.25, -0.2) is 4.98 Å². The highest BCUT2D eigenvalue weighted by Crippen LogP contribution is 2.35. The second-order valence-corrected chi connectivity index (χ2v) is 8.12. The van der Waals surface area contributed by atoms with Crippen LogP contribution in [0.5, 0.6) is 0 Å². The maximum Gasteiger partial charge on any atom is 0.111 e. The number of aryl methyl sites for hydroxylation is 1. The second-order valence-electron chi connectivity index (χ2n) is 6.86. The molecule has 5 nitrogen and oxygen atoms in total. The van der Waals surface area contributed by atoms with Crippen molar-refractivity contribution in [3.63, 3.8) is 0 Å². The zero-order valence-corrected chi connectivity index (χ0v) is 17.7. The Labute approximate surface area is 176 Å². The quantitative estimate of drug-likeness (QED) is 0.418. The summed E-state index contributed by atoms with van der Waals surface area (Å²) in [6.45, 7) is 5.30. The van der Waals surface area contributed by atoms with E-state index >= 15 is 0 Å². The third kappa shape index (κ3) is 2.87. The van der Waals surface area contributed by atoms with Crippen molar-refractivity contribution in [3.05, 3.63) is 57.9 Å². The molecule has 2 aromatic carbocycles. The molecule has 0 amide bonds. The van der Waals surface area contributed by atoms with E-state index in [2.05, 4.69) is 48.6 Å². The Morgan fingerprint density at radius 2 is 1.93 bits per heavy atom. The zero-order valence-electron chi connectivity index (χ0n) is 15.3. The van der Waals surface area contributed by atoms with E-state index in [4.69, 9.17) is 21.3 Å². The van der Waals surface area contributed by atoms with Crippen molar-refractivity contribution in [2.75, 3.05) is 31.2 Å². The highest BCUT2D eigenvalue weighted by atomic mass is 79.9. The van der Waals surface area contributed by atoms with Crippen LogP contribution < -0.4 is 4.90 Å². The smallest absolute Gasteiger partial charge is 0.111 e. The minimum atomic E-state index is 0.650. The number of anilines is 1. The van der Waals surface area contributed by atoms with E-state index in [1.165, 1.54) is 5.69 Å². The molecule has 1 fully saturated rings. The van der Waals surface area contributed by atoms with Crippen LogP contribution in [0, 0.1) is 6.92 Å². The topological polar surface area (TPSA) is 43.2 Å². The lowest BCUT2D eigenvalue weighted by atomic mass is 10.1. The van der Waals surface area contributed by atoms with Gasteiger partial charge in [-0.15, -0.1) is 0 Å². The summed E-state index contributed by atoms with van der Waals surface area (Å²) in [6.07, 6.45) is 1.80. The Balaban J connectivity index is 1.77. The molecule has 5 rings (SSSR count). The Kier molecular flexibility index (Phi) is 4.50. The van der Waals surface area contributed by atoms with Gasteiger partial charge in [-0.05, 0) is 47.1 Å². The lowest BCUT2D eigenvalue weighted by molar-refractivity contribution is 0.122. The normalized spacial score (nSPS) is 14.9.